The molecule has 0 fully saturated rings. The van der Waals surface area contributed by atoms with Gasteiger partial charge in [-0.05, 0) is 38.4 Å². The second kappa shape index (κ2) is 10.0. The van der Waals surface area contributed by atoms with E-state index in [1.54, 1.807) is 0 Å². The molecule has 3 heteroatoms. The van der Waals surface area contributed by atoms with Crippen molar-refractivity contribution in [2.24, 2.45) is 0 Å². The van der Waals surface area contributed by atoms with Gasteiger partial charge in [-0.3, -0.25) is 0 Å². The molecule has 2 aromatic carbocycles. The van der Waals surface area contributed by atoms with Crippen LogP contribution >= 0.6 is 0 Å². The van der Waals surface area contributed by atoms with Gasteiger partial charge in [-0.1, -0.05) is 48.0 Å². The van der Waals surface area contributed by atoms with Gasteiger partial charge < -0.3 is 14.8 Å². The molecule has 23 heavy (non-hydrogen) atoms. The zero-order chi connectivity index (χ0) is 16.3. The average Bonchev–Trinajstić information content (AvgIpc) is 2.57. The number of benzene rings is 2. The van der Waals surface area contributed by atoms with Crippen molar-refractivity contribution < 1.29 is 9.47 Å². The van der Waals surface area contributed by atoms with Gasteiger partial charge in [0.2, 0.25) is 0 Å². The van der Waals surface area contributed by atoms with Crippen LogP contribution in [0.1, 0.15) is 30.0 Å². The highest BCUT2D eigenvalue weighted by molar-refractivity contribution is 5.33. The summed E-state index contributed by atoms with van der Waals surface area (Å²) in [6.45, 7) is 8.09. The Morgan fingerprint density at radius 3 is 2.74 bits per heavy atom. The molecule has 0 aliphatic heterocycles. The molecule has 0 aliphatic rings. The van der Waals surface area contributed by atoms with Crippen LogP contribution in [0.4, 0.5) is 0 Å². The molecule has 0 unspecified atom stereocenters. The van der Waals surface area contributed by atoms with Gasteiger partial charge in [0.15, 0.2) is 0 Å². The third-order valence-electron chi connectivity index (χ3n) is 3.61. The van der Waals surface area contributed by atoms with Gasteiger partial charge in [-0.25, -0.2) is 0 Å². The molecule has 0 atom stereocenters. The lowest BCUT2D eigenvalue weighted by molar-refractivity contribution is 0.144. The van der Waals surface area contributed by atoms with E-state index in [4.69, 9.17) is 9.47 Å². The molecule has 0 saturated heterocycles. The summed E-state index contributed by atoms with van der Waals surface area (Å²) in [7, 11) is 0. The van der Waals surface area contributed by atoms with E-state index in [-0.39, 0.29) is 0 Å². The van der Waals surface area contributed by atoms with Gasteiger partial charge in [0.25, 0.3) is 0 Å². The molecule has 2 rings (SSSR count). The maximum absolute atomic E-state index is 6.01. The van der Waals surface area contributed by atoms with E-state index >= 15 is 0 Å². The fourth-order valence-corrected chi connectivity index (χ4v) is 2.42. The Kier molecular flexibility index (Phi) is 7.64. The minimum atomic E-state index is 0.600. The van der Waals surface area contributed by atoms with Crippen molar-refractivity contribution in [3.05, 3.63) is 65.2 Å². The minimum Gasteiger partial charge on any atom is -0.489 e. The number of hydrogen-bond acceptors (Lipinski definition) is 3. The number of rotatable bonds is 10. The van der Waals surface area contributed by atoms with Crippen LogP contribution < -0.4 is 10.1 Å². The maximum Gasteiger partial charge on any atom is 0.124 e. The molecule has 0 aromatic heterocycles. The van der Waals surface area contributed by atoms with Crippen LogP contribution in [0.25, 0.3) is 0 Å². The Morgan fingerprint density at radius 1 is 1.04 bits per heavy atom. The van der Waals surface area contributed by atoms with Crippen molar-refractivity contribution in [3.8, 4) is 5.75 Å². The largest absolute Gasteiger partial charge is 0.489 e. The molecule has 124 valence electrons. The first-order chi connectivity index (χ1) is 11.3. The fourth-order valence-electron chi connectivity index (χ4n) is 2.42. The molecule has 0 aliphatic carbocycles. The second-order valence-electron chi connectivity index (χ2n) is 5.61. The third kappa shape index (κ3) is 6.43. The van der Waals surface area contributed by atoms with Gasteiger partial charge >= 0.3 is 0 Å². The van der Waals surface area contributed by atoms with Gasteiger partial charge in [0.05, 0.1) is 0 Å². The summed E-state index contributed by atoms with van der Waals surface area (Å²) in [6.07, 6.45) is 1.03. The summed E-state index contributed by atoms with van der Waals surface area (Å²) in [6, 6.07) is 16.6. The molecular formula is C20H27NO2. The smallest absolute Gasteiger partial charge is 0.124 e. The van der Waals surface area contributed by atoms with E-state index in [0.29, 0.717) is 6.61 Å². The number of aryl methyl sites for hydroxylation is 1. The summed E-state index contributed by atoms with van der Waals surface area (Å²) in [4.78, 5) is 0. The Bertz CT molecular complexity index is 583. The predicted octanol–water partition coefficient (Wildman–Crippen LogP) is 4.09. The molecule has 0 bridgehead atoms. The molecule has 0 saturated carbocycles. The number of para-hydroxylation sites is 1. The van der Waals surface area contributed by atoms with Crippen LogP contribution in [0.2, 0.25) is 0 Å². The topological polar surface area (TPSA) is 30.5 Å². The maximum atomic E-state index is 6.01. The number of ether oxygens (including phenoxy) is 2. The summed E-state index contributed by atoms with van der Waals surface area (Å²) in [5, 5.41) is 3.45. The first-order valence-corrected chi connectivity index (χ1v) is 8.34. The molecular weight excluding hydrogens is 286 g/mol. The zero-order valence-corrected chi connectivity index (χ0v) is 14.2. The highest BCUT2D eigenvalue weighted by atomic mass is 16.5. The lowest BCUT2D eigenvalue weighted by atomic mass is 10.1. The van der Waals surface area contributed by atoms with Gasteiger partial charge in [-0.2, -0.15) is 0 Å². The molecule has 0 spiro atoms. The Labute approximate surface area is 139 Å². The Balaban J connectivity index is 1.82. The molecule has 1 N–H and O–H groups in total. The third-order valence-corrected chi connectivity index (χ3v) is 3.61. The molecule has 0 heterocycles. The van der Waals surface area contributed by atoms with Crippen LogP contribution in [-0.4, -0.2) is 19.8 Å². The van der Waals surface area contributed by atoms with Crippen molar-refractivity contribution in [1.82, 2.24) is 5.32 Å². The highest BCUT2D eigenvalue weighted by Gasteiger charge is 2.03. The lowest BCUT2D eigenvalue weighted by Gasteiger charge is -2.12. The minimum absolute atomic E-state index is 0.600. The van der Waals surface area contributed by atoms with E-state index in [9.17, 15) is 0 Å². The molecule has 0 amide bonds. The lowest BCUT2D eigenvalue weighted by Crippen LogP contribution is -2.17. The fraction of sp³-hybridized carbons (Fsp3) is 0.400. The molecule has 0 radical (unpaired) electrons. The summed E-state index contributed by atoms with van der Waals surface area (Å²) in [5.41, 5.74) is 3.65. The van der Waals surface area contributed by atoms with Gasteiger partial charge in [0, 0.05) is 25.3 Å². The van der Waals surface area contributed by atoms with E-state index in [1.807, 2.05) is 19.1 Å². The summed E-state index contributed by atoms with van der Waals surface area (Å²) in [5.74, 6) is 0.950. The van der Waals surface area contributed by atoms with Crippen LogP contribution in [-0.2, 0) is 17.9 Å². The Hall–Kier alpha value is -1.84. The second-order valence-corrected chi connectivity index (χ2v) is 5.61. The number of nitrogens with one attached hydrogen (secondary N) is 1. The SMILES string of the molecule is CCOCCCNCc1ccccc1OCc1cccc(C)c1. The molecule has 3 nitrogen and oxygen atoms in total. The van der Waals surface area contributed by atoms with E-state index in [1.165, 1.54) is 16.7 Å². The van der Waals surface area contributed by atoms with E-state index in [0.717, 1.165) is 38.5 Å². The monoisotopic (exact) mass is 313 g/mol. The normalized spacial score (nSPS) is 10.7. The van der Waals surface area contributed by atoms with E-state index < -0.39 is 0 Å². The van der Waals surface area contributed by atoms with Crippen molar-refractivity contribution >= 4 is 0 Å². The summed E-state index contributed by atoms with van der Waals surface area (Å²) >= 11 is 0. The zero-order valence-electron chi connectivity index (χ0n) is 14.2. The first-order valence-electron chi connectivity index (χ1n) is 8.34. The molecule has 2 aromatic rings. The van der Waals surface area contributed by atoms with Crippen LogP contribution in [0.3, 0.4) is 0 Å². The van der Waals surface area contributed by atoms with Gasteiger partial charge in [0.1, 0.15) is 12.4 Å². The number of hydrogen-bond donors (Lipinski definition) is 1. The first kappa shape index (κ1) is 17.5. The highest BCUT2D eigenvalue weighted by Crippen LogP contribution is 2.19. The Morgan fingerprint density at radius 2 is 1.91 bits per heavy atom. The van der Waals surface area contributed by atoms with Crippen molar-refractivity contribution in [3.63, 3.8) is 0 Å². The van der Waals surface area contributed by atoms with Crippen LogP contribution in [0.5, 0.6) is 5.75 Å². The summed E-state index contributed by atoms with van der Waals surface area (Å²) < 4.78 is 11.4. The predicted molar refractivity (Wildman–Crippen MR) is 94.8 cm³/mol. The van der Waals surface area contributed by atoms with Crippen molar-refractivity contribution in [1.29, 1.82) is 0 Å². The van der Waals surface area contributed by atoms with Crippen molar-refractivity contribution in [2.75, 3.05) is 19.8 Å². The average molecular weight is 313 g/mol. The van der Waals surface area contributed by atoms with E-state index in [2.05, 4.69) is 48.6 Å². The van der Waals surface area contributed by atoms with Crippen LogP contribution in [0.15, 0.2) is 48.5 Å². The van der Waals surface area contributed by atoms with Crippen molar-refractivity contribution in [2.45, 2.75) is 33.4 Å². The van der Waals surface area contributed by atoms with Gasteiger partial charge in [-0.15, -0.1) is 0 Å². The quantitative estimate of drug-likeness (QED) is 0.670. The standard InChI is InChI=1S/C20H27NO2/c1-3-22-13-7-12-21-15-19-10-4-5-11-20(19)23-16-18-9-6-8-17(2)14-18/h4-6,8-11,14,21H,3,7,12-13,15-16H2,1-2H3. The van der Waals surface area contributed by atoms with Crippen LogP contribution in [0, 0.1) is 6.92 Å².